The Morgan fingerprint density at radius 3 is 2.48 bits per heavy atom. The van der Waals surface area contributed by atoms with Crippen LogP contribution >= 0.6 is 0 Å². The number of nitrogens with zero attached hydrogens (tertiary/aromatic N) is 5. The number of hydrazone groups is 1. The molecule has 0 spiro atoms. The van der Waals surface area contributed by atoms with E-state index in [0.29, 0.717) is 17.8 Å². The predicted molar refractivity (Wildman–Crippen MR) is 121 cm³/mol. The van der Waals surface area contributed by atoms with E-state index in [2.05, 4.69) is 44.1 Å². The lowest BCUT2D eigenvalue weighted by Crippen LogP contribution is -2.27. The van der Waals surface area contributed by atoms with Gasteiger partial charge < -0.3 is 9.88 Å². The Bertz CT molecular complexity index is 1230. The van der Waals surface area contributed by atoms with Gasteiger partial charge in [0.2, 0.25) is 0 Å². The van der Waals surface area contributed by atoms with Crippen molar-refractivity contribution in [3.05, 3.63) is 90.0 Å². The normalized spacial score (nSPS) is 15.9. The molecule has 2 aromatic carbocycles. The standard InChI is InChI=1S/C24H22N6O/c1-29(2)18-9-7-16(8-10-18)22-15-21(23-26-19-5-3-4-6-20(19)27-23)28-30(22)24(31)17-11-13-25-14-12-17/h3-14,22H,15H2,1-2H3,(H,26,27). The van der Waals surface area contributed by atoms with Gasteiger partial charge in [0.05, 0.1) is 17.1 Å². The van der Waals surface area contributed by atoms with Crippen molar-refractivity contribution in [3.63, 3.8) is 0 Å². The average Bonchev–Trinajstić information content (AvgIpc) is 3.44. The van der Waals surface area contributed by atoms with E-state index in [4.69, 9.17) is 5.10 Å². The molecule has 0 bridgehead atoms. The molecular weight excluding hydrogens is 388 g/mol. The molecule has 1 unspecified atom stereocenters. The van der Waals surface area contributed by atoms with Gasteiger partial charge in [0.25, 0.3) is 5.91 Å². The summed E-state index contributed by atoms with van der Waals surface area (Å²) in [6.45, 7) is 0. The topological polar surface area (TPSA) is 77.5 Å². The number of carbonyl (C=O) groups is 1. The number of nitrogens with one attached hydrogen (secondary N) is 1. The van der Waals surface area contributed by atoms with Crippen molar-refractivity contribution in [2.24, 2.45) is 5.10 Å². The van der Waals surface area contributed by atoms with Gasteiger partial charge in [0.1, 0.15) is 5.71 Å². The van der Waals surface area contributed by atoms with Crippen LogP contribution in [0, 0.1) is 0 Å². The van der Waals surface area contributed by atoms with Gasteiger partial charge in [0.15, 0.2) is 5.82 Å². The van der Waals surface area contributed by atoms with Gasteiger partial charge in [-0.05, 0) is 42.0 Å². The first-order valence-corrected chi connectivity index (χ1v) is 10.1. The summed E-state index contributed by atoms with van der Waals surface area (Å²) in [6.07, 6.45) is 3.82. The molecule has 7 nitrogen and oxygen atoms in total. The molecule has 0 fully saturated rings. The average molecular weight is 410 g/mol. The number of carbonyl (C=O) groups excluding carboxylic acids is 1. The number of aromatic amines is 1. The highest BCUT2D eigenvalue weighted by molar-refractivity contribution is 6.04. The first-order chi connectivity index (χ1) is 15.1. The highest BCUT2D eigenvalue weighted by Gasteiger charge is 2.34. The van der Waals surface area contributed by atoms with Crippen LogP contribution in [-0.2, 0) is 0 Å². The molecule has 3 heterocycles. The van der Waals surface area contributed by atoms with Crippen molar-refractivity contribution in [1.29, 1.82) is 0 Å². The van der Waals surface area contributed by atoms with E-state index in [1.807, 2.05) is 38.4 Å². The second-order valence-corrected chi connectivity index (χ2v) is 7.74. The Kier molecular flexibility index (Phi) is 4.71. The molecule has 0 aliphatic carbocycles. The van der Waals surface area contributed by atoms with Gasteiger partial charge in [-0.1, -0.05) is 24.3 Å². The molecule has 1 atom stereocenters. The molecule has 1 N–H and O–H groups in total. The van der Waals surface area contributed by atoms with Gasteiger partial charge in [-0.25, -0.2) is 9.99 Å². The number of pyridine rings is 1. The number of fused-ring (bicyclic) bond motifs is 1. The third-order valence-electron chi connectivity index (χ3n) is 5.50. The Morgan fingerprint density at radius 2 is 1.77 bits per heavy atom. The molecule has 7 heteroatoms. The Hall–Kier alpha value is -4.00. The van der Waals surface area contributed by atoms with Crippen LogP contribution in [0.15, 0.2) is 78.2 Å². The number of amides is 1. The van der Waals surface area contributed by atoms with Crippen LogP contribution in [0.2, 0.25) is 0 Å². The second kappa shape index (κ2) is 7.68. The zero-order valence-corrected chi connectivity index (χ0v) is 17.4. The third-order valence-corrected chi connectivity index (χ3v) is 5.50. The quantitative estimate of drug-likeness (QED) is 0.551. The van der Waals surface area contributed by atoms with Crippen molar-refractivity contribution >= 4 is 28.3 Å². The van der Waals surface area contributed by atoms with E-state index in [1.54, 1.807) is 29.5 Å². The van der Waals surface area contributed by atoms with Crippen molar-refractivity contribution in [1.82, 2.24) is 20.0 Å². The Morgan fingerprint density at radius 1 is 1.03 bits per heavy atom. The van der Waals surface area contributed by atoms with Gasteiger partial charge in [-0.3, -0.25) is 9.78 Å². The van der Waals surface area contributed by atoms with E-state index in [9.17, 15) is 4.79 Å². The second-order valence-electron chi connectivity index (χ2n) is 7.74. The number of hydrogen-bond acceptors (Lipinski definition) is 5. The summed E-state index contributed by atoms with van der Waals surface area (Å²) < 4.78 is 0. The molecule has 1 amide bonds. The summed E-state index contributed by atoms with van der Waals surface area (Å²) in [6, 6.07) is 19.3. The van der Waals surface area contributed by atoms with Gasteiger partial charge in [-0.15, -0.1) is 0 Å². The molecule has 1 aliphatic heterocycles. The number of H-pyrrole nitrogens is 1. The minimum absolute atomic E-state index is 0.157. The smallest absolute Gasteiger partial charge is 0.274 e. The zero-order valence-electron chi connectivity index (χ0n) is 17.4. The monoisotopic (exact) mass is 410 g/mol. The van der Waals surface area contributed by atoms with E-state index in [-0.39, 0.29) is 11.9 Å². The summed E-state index contributed by atoms with van der Waals surface area (Å²) in [7, 11) is 4.01. The van der Waals surface area contributed by atoms with Crippen LogP contribution < -0.4 is 4.90 Å². The zero-order chi connectivity index (χ0) is 21.4. The molecule has 154 valence electrons. The number of para-hydroxylation sites is 2. The van der Waals surface area contributed by atoms with Crippen LogP contribution in [0.1, 0.15) is 34.2 Å². The number of aromatic nitrogens is 3. The summed E-state index contributed by atoms with van der Waals surface area (Å²) >= 11 is 0. The van der Waals surface area contributed by atoms with E-state index in [0.717, 1.165) is 28.0 Å². The lowest BCUT2D eigenvalue weighted by atomic mass is 10.0. The molecule has 5 rings (SSSR count). The highest BCUT2D eigenvalue weighted by atomic mass is 16.2. The molecule has 0 saturated carbocycles. The van der Waals surface area contributed by atoms with Crippen LogP contribution in [0.5, 0.6) is 0 Å². The maximum atomic E-state index is 13.3. The largest absolute Gasteiger partial charge is 0.378 e. The molecular formula is C24H22N6O. The molecule has 2 aromatic heterocycles. The fourth-order valence-corrected chi connectivity index (χ4v) is 3.81. The number of benzene rings is 2. The van der Waals surface area contributed by atoms with Crippen LogP contribution in [0.4, 0.5) is 5.69 Å². The van der Waals surface area contributed by atoms with Crippen molar-refractivity contribution < 1.29 is 4.79 Å². The minimum atomic E-state index is -0.208. The van der Waals surface area contributed by atoms with E-state index < -0.39 is 0 Å². The lowest BCUT2D eigenvalue weighted by molar-refractivity contribution is 0.0711. The predicted octanol–water partition coefficient (Wildman–Crippen LogP) is 4.02. The number of rotatable bonds is 4. The SMILES string of the molecule is CN(C)c1ccc(C2CC(c3nc4ccccc4[nH]3)=NN2C(=O)c2ccncc2)cc1. The number of anilines is 1. The summed E-state index contributed by atoms with van der Waals surface area (Å²) in [5.41, 5.74) is 5.28. The number of imidazole rings is 1. The fourth-order valence-electron chi connectivity index (χ4n) is 3.81. The molecule has 31 heavy (non-hydrogen) atoms. The first kappa shape index (κ1) is 19.0. The van der Waals surface area contributed by atoms with E-state index >= 15 is 0 Å². The van der Waals surface area contributed by atoms with Crippen LogP contribution in [0.3, 0.4) is 0 Å². The number of hydrogen-bond donors (Lipinski definition) is 1. The highest BCUT2D eigenvalue weighted by Crippen LogP contribution is 2.34. The lowest BCUT2D eigenvalue weighted by Gasteiger charge is -2.23. The fraction of sp³-hybridized carbons (Fsp3) is 0.167. The van der Waals surface area contributed by atoms with Crippen molar-refractivity contribution in [3.8, 4) is 0 Å². The molecule has 0 saturated heterocycles. The van der Waals surface area contributed by atoms with Gasteiger partial charge in [0, 0.05) is 44.2 Å². The Labute approximate surface area is 180 Å². The molecule has 1 aliphatic rings. The van der Waals surface area contributed by atoms with Crippen LogP contribution in [-0.4, -0.2) is 45.7 Å². The molecule has 4 aromatic rings. The third kappa shape index (κ3) is 3.54. The summed E-state index contributed by atoms with van der Waals surface area (Å²) in [4.78, 5) is 27.4. The first-order valence-electron chi connectivity index (χ1n) is 10.1. The molecule has 0 radical (unpaired) electrons. The summed E-state index contributed by atoms with van der Waals surface area (Å²) in [5, 5.41) is 6.29. The maximum Gasteiger partial charge on any atom is 0.274 e. The van der Waals surface area contributed by atoms with Crippen molar-refractivity contribution in [2.45, 2.75) is 12.5 Å². The minimum Gasteiger partial charge on any atom is -0.378 e. The van der Waals surface area contributed by atoms with Gasteiger partial charge >= 0.3 is 0 Å². The van der Waals surface area contributed by atoms with Crippen LogP contribution in [0.25, 0.3) is 11.0 Å². The maximum absolute atomic E-state index is 13.3. The Balaban J connectivity index is 1.54. The van der Waals surface area contributed by atoms with Crippen molar-refractivity contribution in [2.75, 3.05) is 19.0 Å². The van der Waals surface area contributed by atoms with Gasteiger partial charge in [-0.2, -0.15) is 5.10 Å². The van der Waals surface area contributed by atoms with E-state index in [1.165, 1.54) is 0 Å². The summed E-state index contributed by atoms with van der Waals surface area (Å²) in [5.74, 6) is 0.538.